The number of hydrogen-bond donors (Lipinski definition) is 3. The number of aromatic amines is 2. The molecule has 0 saturated carbocycles. The number of nitrogens with two attached hydrogens (primary N) is 1. The van der Waals surface area contributed by atoms with E-state index < -0.39 is 0 Å². The van der Waals surface area contributed by atoms with Crippen molar-refractivity contribution in [3.05, 3.63) is 44.0 Å². The van der Waals surface area contributed by atoms with Gasteiger partial charge in [-0.05, 0) is 44.4 Å². The van der Waals surface area contributed by atoms with Gasteiger partial charge >= 0.3 is 0 Å². The largest absolute Gasteiger partial charge is 0.369 e. The Morgan fingerprint density at radius 2 is 2.14 bits per heavy atom. The molecule has 0 aliphatic heterocycles. The average molecular weight is 316 g/mol. The van der Waals surface area contributed by atoms with Gasteiger partial charge in [-0.25, -0.2) is 0 Å². The minimum absolute atomic E-state index is 0.106. The van der Waals surface area contributed by atoms with E-state index in [0.717, 1.165) is 29.8 Å². The van der Waals surface area contributed by atoms with E-state index in [4.69, 9.17) is 5.73 Å². The van der Waals surface area contributed by atoms with Gasteiger partial charge in [-0.3, -0.25) is 14.6 Å². The highest BCUT2D eigenvalue weighted by atomic mass is 32.1. The van der Waals surface area contributed by atoms with Crippen LogP contribution in [0.5, 0.6) is 0 Å². The molecule has 0 bridgehead atoms. The van der Waals surface area contributed by atoms with Crippen LogP contribution < -0.4 is 11.3 Å². The first-order valence-electron chi connectivity index (χ1n) is 7.00. The lowest BCUT2D eigenvalue weighted by atomic mass is 10.1. The van der Waals surface area contributed by atoms with Crippen LogP contribution >= 0.6 is 11.3 Å². The molecule has 3 heterocycles. The van der Waals surface area contributed by atoms with Crippen molar-refractivity contribution in [3.8, 4) is 0 Å². The Morgan fingerprint density at radius 1 is 1.32 bits per heavy atom. The Balaban J connectivity index is 1.67. The van der Waals surface area contributed by atoms with Gasteiger partial charge in [-0.15, -0.1) is 11.3 Å². The zero-order chi connectivity index (χ0) is 15.7. The Bertz CT molecular complexity index is 890. The number of nitrogens with one attached hydrogen (secondary N) is 2. The maximum Gasteiger partial charge on any atom is 0.261 e. The highest BCUT2D eigenvalue weighted by Gasteiger charge is 2.08. The van der Waals surface area contributed by atoms with Gasteiger partial charge in [0.1, 0.15) is 5.65 Å². The zero-order valence-electron chi connectivity index (χ0n) is 12.1. The van der Waals surface area contributed by atoms with E-state index in [0.29, 0.717) is 11.0 Å². The fourth-order valence-corrected chi connectivity index (χ4v) is 3.33. The predicted molar refractivity (Wildman–Crippen MR) is 87.5 cm³/mol. The van der Waals surface area contributed by atoms with Crippen LogP contribution in [-0.4, -0.2) is 20.7 Å². The summed E-state index contributed by atoms with van der Waals surface area (Å²) < 4.78 is 0. The SMILES string of the molecule is CC(=O)c1ccc(CCCc2cc3c(=O)[nH]c(N)nc3[nH]2)s1. The van der Waals surface area contributed by atoms with Crippen molar-refractivity contribution < 1.29 is 4.79 Å². The average Bonchev–Trinajstić information content (AvgIpc) is 3.05. The van der Waals surface area contributed by atoms with Crippen molar-refractivity contribution in [2.24, 2.45) is 0 Å². The Kier molecular flexibility index (Phi) is 3.81. The van der Waals surface area contributed by atoms with Crippen LogP contribution in [0, 0.1) is 0 Å². The lowest BCUT2D eigenvalue weighted by Gasteiger charge is -1.97. The number of nitrogens with zero attached hydrogens (tertiary/aromatic N) is 1. The van der Waals surface area contributed by atoms with E-state index in [2.05, 4.69) is 15.0 Å². The second-order valence-corrected chi connectivity index (χ2v) is 6.35. The minimum Gasteiger partial charge on any atom is -0.369 e. The summed E-state index contributed by atoms with van der Waals surface area (Å²) in [7, 11) is 0. The van der Waals surface area contributed by atoms with Crippen LogP contribution in [0.3, 0.4) is 0 Å². The molecule has 0 saturated heterocycles. The molecular weight excluding hydrogens is 300 g/mol. The molecule has 0 radical (unpaired) electrons. The Hall–Kier alpha value is -2.41. The number of rotatable bonds is 5. The van der Waals surface area contributed by atoms with Gasteiger partial charge in [0, 0.05) is 10.6 Å². The molecule has 3 rings (SSSR count). The van der Waals surface area contributed by atoms with Gasteiger partial charge in [0.15, 0.2) is 5.78 Å². The molecule has 0 aromatic carbocycles. The lowest BCUT2D eigenvalue weighted by Crippen LogP contribution is -2.09. The second kappa shape index (κ2) is 5.76. The predicted octanol–water partition coefficient (Wildman–Crippen LogP) is 2.27. The smallest absolute Gasteiger partial charge is 0.261 e. The van der Waals surface area contributed by atoms with E-state index in [9.17, 15) is 9.59 Å². The Morgan fingerprint density at radius 3 is 2.86 bits per heavy atom. The molecule has 0 unspecified atom stereocenters. The summed E-state index contributed by atoms with van der Waals surface area (Å²) in [4.78, 5) is 34.7. The number of thiophene rings is 1. The van der Waals surface area contributed by atoms with Crippen molar-refractivity contribution in [1.29, 1.82) is 0 Å². The van der Waals surface area contributed by atoms with Gasteiger partial charge in [0.2, 0.25) is 5.95 Å². The number of ketones is 1. The number of fused-ring (bicyclic) bond motifs is 1. The van der Waals surface area contributed by atoms with Crippen molar-refractivity contribution in [1.82, 2.24) is 15.0 Å². The summed E-state index contributed by atoms with van der Waals surface area (Å²) in [5.41, 5.74) is 6.78. The molecule has 0 spiro atoms. The van der Waals surface area contributed by atoms with E-state index in [-0.39, 0.29) is 17.3 Å². The number of nitrogen functional groups attached to an aromatic ring is 1. The zero-order valence-corrected chi connectivity index (χ0v) is 12.9. The summed E-state index contributed by atoms with van der Waals surface area (Å²) in [5.74, 6) is 0.219. The summed E-state index contributed by atoms with van der Waals surface area (Å²) in [5, 5.41) is 0.527. The number of carbonyl (C=O) groups is 1. The van der Waals surface area contributed by atoms with Crippen LogP contribution in [0.1, 0.15) is 33.6 Å². The maximum absolute atomic E-state index is 11.7. The number of H-pyrrole nitrogens is 2. The quantitative estimate of drug-likeness (QED) is 0.628. The minimum atomic E-state index is -0.227. The summed E-state index contributed by atoms with van der Waals surface area (Å²) in [6, 6.07) is 5.69. The first-order chi connectivity index (χ1) is 10.5. The number of carbonyl (C=O) groups excluding carboxylic acids is 1. The van der Waals surface area contributed by atoms with E-state index in [1.807, 2.05) is 18.2 Å². The molecule has 0 atom stereocenters. The first kappa shape index (κ1) is 14.5. The second-order valence-electron chi connectivity index (χ2n) is 5.18. The van der Waals surface area contributed by atoms with Crippen molar-refractivity contribution in [2.75, 3.05) is 5.73 Å². The molecule has 0 amide bonds. The van der Waals surface area contributed by atoms with Crippen LogP contribution in [0.2, 0.25) is 0 Å². The molecule has 22 heavy (non-hydrogen) atoms. The van der Waals surface area contributed by atoms with E-state index in [1.54, 1.807) is 18.3 Å². The van der Waals surface area contributed by atoms with Gasteiger partial charge < -0.3 is 10.7 Å². The topological polar surface area (TPSA) is 105 Å². The van der Waals surface area contributed by atoms with Gasteiger partial charge in [0.25, 0.3) is 5.56 Å². The highest BCUT2D eigenvalue weighted by molar-refractivity contribution is 7.14. The van der Waals surface area contributed by atoms with E-state index >= 15 is 0 Å². The highest BCUT2D eigenvalue weighted by Crippen LogP contribution is 2.19. The van der Waals surface area contributed by atoms with Crippen LogP contribution in [-0.2, 0) is 12.8 Å². The maximum atomic E-state index is 11.7. The number of aryl methyl sites for hydroxylation is 2. The Labute approximate surface area is 130 Å². The molecule has 4 N–H and O–H groups in total. The molecular formula is C15H16N4O2S. The van der Waals surface area contributed by atoms with Crippen LogP contribution in [0.4, 0.5) is 5.95 Å². The van der Waals surface area contributed by atoms with Gasteiger partial charge in [-0.2, -0.15) is 4.98 Å². The van der Waals surface area contributed by atoms with Gasteiger partial charge in [0.05, 0.1) is 10.3 Å². The lowest BCUT2D eigenvalue weighted by molar-refractivity contribution is 0.102. The molecule has 3 aromatic heterocycles. The van der Waals surface area contributed by atoms with Crippen molar-refractivity contribution in [3.63, 3.8) is 0 Å². The molecule has 0 aliphatic carbocycles. The molecule has 7 heteroatoms. The van der Waals surface area contributed by atoms with Crippen LogP contribution in [0.15, 0.2) is 23.0 Å². The van der Waals surface area contributed by atoms with Gasteiger partial charge in [-0.1, -0.05) is 0 Å². The number of Topliss-reactive ketones (excluding diaryl/α,β-unsaturated/α-hetero) is 1. The number of anilines is 1. The molecule has 0 fully saturated rings. The monoisotopic (exact) mass is 316 g/mol. The molecule has 0 aliphatic rings. The third-order valence-corrected chi connectivity index (χ3v) is 4.69. The van der Waals surface area contributed by atoms with Crippen LogP contribution in [0.25, 0.3) is 11.0 Å². The standard InChI is InChI=1S/C15H16N4O2S/c1-8(20)12-6-5-10(22-12)4-2-3-9-7-11-13(17-9)18-15(16)19-14(11)21/h5-7H,2-4H2,1H3,(H4,16,17,18,19,21). The molecule has 6 nitrogen and oxygen atoms in total. The van der Waals surface area contributed by atoms with Crippen molar-refractivity contribution >= 4 is 34.1 Å². The fraction of sp³-hybridized carbons (Fsp3) is 0.267. The summed E-state index contributed by atoms with van der Waals surface area (Å²) in [6.45, 7) is 1.58. The van der Waals surface area contributed by atoms with Crippen molar-refractivity contribution in [2.45, 2.75) is 26.2 Å². The third kappa shape index (κ3) is 2.94. The number of hydrogen-bond acceptors (Lipinski definition) is 5. The van der Waals surface area contributed by atoms with E-state index in [1.165, 1.54) is 4.88 Å². The number of aromatic nitrogens is 3. The molecule has 3 aromatic rings. The first-order valence-corrected chi connectivity index (χ1v) is 7.81. The summed E-state index contributed by atoms with van der Waals surface area (Å²) in [6.07, 6.45) is 2.64. The fourth-order valence-electron chi connectivity index (χ4n) is 2.38. The normalized spacial score (nSPS) is 11.1. The third-order valence-electron chi connectivity index (χ3n) is 3.45. The summed E-state index contributed by atoms with van der Waals surface area (Å²) >= 11 is 1.54. The molecule has 114 valence electrons.